The maximum Gasteiger partial charge on any atom is 0.0165 e. The first-order valence-electron chi connectivity index (χ1n) is 6.14. The standard InChI is InChI=1S/C14H27N/c1-6-13(4)9-10-14(5)11-12-15(7-2)8-3/h6,11,13H,1,7-10,12H2,2-5H3/b14-11+. The number of hydrogen-bond donors (Lipinski definition) is 0. The minimum absolute atomic E-state index is 0.641. The Kier molecular flexibility index (Phi) is 8.40. The van der Waals surface area contributed by atoms with Crippen molar-refractivity contribution < 1.29 is 0 Å². The lowest BCUT2D eigenvalue weighted by molar-refractivity contribution is 0.336. The van der Waals surface area contributed by atoms with Crippen molar-refractivity contribution in [2.45, 2.75) is 40.5 Å². The average molecular weight is 209 g/mol. The molecule has 0 aliphatic carbocycles. The topological polar surface area (TPSA) is 3.24 Å². The highest BCUT2D eigenvalue weighted by Gasteiger charge is 1.99. The Morgan fingerprint density at radius 2 is 1.93 bits per heavy atom. The molecule has 0 spiro atoms. The van der Waals surface area contributed by atoms with Crippen LogP contribution in [-0.2, 0) is 0 Å². The van der Waals surface area contributed by atoms with E-state index in [0.29, 0.717) is 5.92 Å². The first kappa shape index (κ1) is 14.4. The van der Waals surface area contributed by atoms with Gasteiger partial charge < -0.3 is 4.90 Å². The van der Waals surface area contributed by atoms with Gasteiger partial charge in [0, 0.05) is 6.54 Å². The van der Waals surface area contributed by atoms with E-state index in [4.69, 9.17) is 0 Å². The van der Waals surface area contributed by atoms with E-state index in [1.54, 1.807) is 0 Å². The lowest BCUT2D eigenvalue weighted by Crippen LogP contribution is -2.22. The van der Waals surface area contributed by atoms with Crippen LogP contribution in [0.25, 0.3) is 0 Å². The summed E-state index contributed by atoms with van der Waals surface area (Å²) in [5.41, 5.74) is 1.51. The molecule has 0 aromatic rings. The highest BCUT2D eigenvalue weighted by molar-refractivity contribution is 5.00. The molecule has 0 rings (SSSR count). The van der Waals surface area contributed by atoms with Crippen molar-refractivity contribution in [2.24, 2.45) is 5.92 Å². The fraction of sp³-hybridized carbons (Fsp3) is 0.714. The molecule has 1 heteroatoms. The smallest absolute Gasteiger partial charge is 0.0165 e. The van der Waals surface area contributed by atoms with Crippen LogP contribution in [0.2, 0.25) is 0 Å². The second-order valence-electron chi connectivity index (χ2n) is 4.29. The summed E-state index contributed by atoms with van der Waals surface area (Å²) < 4.78 is 0. The second kappa shape index (κ2) is 8.72. The summed E-state index contributed by atoms with van der Waals surface area (Å²) in [4.78, 5) is 2.43. The Bertz CT molecular complexity index is 190. The van der Waals surface area contributed by atoms with Crippen molar-refractivity contribution in [2.75, 3.05) is 19.6 Å². The van der Waals surface area contributed by atoms with Crippen LogP contribution >= 0.6 is 0 Å². The molecule has 0 aliphatic rings. The van der Waals surface area contributed by atoms with E-state index >= 15 is 0 Å². The molecular weight excluding hydrogens is 182 g/mol. The van der Waals surface area contributed by atoms with Crippen LogP contribution in [0.4, 0.5) is 0 Å². The zero-order valence-corrected chi connectivity index (χ0v) is 10.9. The van der Waals surface area contributed by atoms with E-state index in [0.717, 1.165) is 19.6 Å². The van der Waals surface area contributed by atoms with E-state index in [9.17, 15) is 0 Å². The van der Waals surface area contributed by atoms with Crippen LogP contribution in [0.3, 0.4) is 0 Å². The van der Waals surface area contributed by atoms with Gasteiger partial charge in [0.2, 0.25) is 0 Å². The number of hydrogen-bond acceptors (Lipinski definition) is 1. The third kappa shape index (κ3) is 7.38. The molecule has 88 valence electrons. The van der Waals surface area contributed by atoms with Crippen molar-refractivity contribution in [1.82, 2.24) is 4.90 Å². The molecule has 0 amide bonds. The highest BCUT2D eigenvalue weighted by Crippen LogP contribution is 2.12. The average Bonchev–Trinajstić information content (AvgIpc) is 2.27. The van der Waals surface area contributed by atoms with Crippen molar-refractivity contribution >= 4 is 0 Å². The quantitative estimate of drug-likeness (QED) is 0.548. The van der Waals surface area contributed by atoms with Crippen LogP contribution in [0.1, 0.15) is 40.5 Å². The summed E-state index contributed by atoms with van der Waals surface area (Å²) in [6, 6.07) is 0. The van der Waals surface area contributed by atoms with E-state index < -0.39 is 0 Å². The molecular formula is C14H27N. The third-order valence-corrected chi connectivity index (χ3v) is 2.99. The molecule has 1 unspecified atom stereocenters. The molecule has 0 aromatic carbocycles. The van der Waals surface area contributed by atoms with Gasteiger partial charge in [0.15, 0.2) is 0 Å². The molecule has 0 saturated heterocycles. The number of likely N-dealkylation sites (N-methyl/N-ethyl adjacent to an activating group) is 1. The monoisotopic (exact) mass is 209 g/mol. The minimum Gasteiger partial charge on any atom is -0.300 e. The van der Waals surface area contributed by atoms with E-state index in [2.05, 4.69) is 45.2 Å². The molecule has 0 heterocycles. The first-order valence-corrected chi connectivity index (χ1v) is 6.14. The molecule has 15 heavy (non-hydrogen) atoms. The van der Waals surface area contributed by atoms with E-state index in [1.165, 1.54) is 18.4 Å². The van der Waals surface area contributed by atoms with Crippen LogP contribution in [-0.4, -0.2) is 24.5 Å². The Balaban J connectivity index is 3.82. The predicted molar refractivity (Wildman–Crippen MR) is 70.1 cm³/mol. The minimum atomic E-state index is 0.641. The normalized spacial score (nSPS) is 14.3. The first-order chi connectivity index (χ1) is 7.13. The Morgan fingerprint density at radius 3 is 2.40 bits per heavy atom. The molecule has 0 fully saturated rings. The molecule has 1 nitrogen and oxygen atoms in total. The van der Waals surface area contributed by atoms with E-state index in [1.807, 2.05) is 6.08 Å². The van der Waals surface area contributed by atoms with Gasteiger partial charge in [-0.1, -0.05) is 38.5 Å². The summed E-state index contributed by atoms with van der Waals surface area (Å²) in [6.07, 6.45) is 6.83. The van der Waals surface area contributed by atoms with Gasteiger partial charge in [-0.3, -0.25) is 0 Å². The molecule has 0 N–H and O–H groups in total. The van der Waals surface area contributed by atoms with Crippen LogP contribution < -0.4 is 0 Å². The summed E-state index contributed by atoms with van der Waals surface area (Å²) in [7, 11) is 0. The van der Waals surface area contributed by atoms with E-state index in [-0.39, 0.29) is 0 Å². The van der Waals surface area contributed by atoms with Crippen LogP contribution in [0.5, 0.6) is 0 Å². The maximum absolute atomic E-state index is 3.81. The lowest BCUT2D eigenvalue weighted by atomic mass is 10.0. The fourth-order valence-corrected chi connectivity index (χ4v) is 1.44. The summed E-state index contributed by atoms with van der Waals surface area (Å²) in [5, 5.41) is 0. The molecule has 0 bridgehead atoms. The van der Waals surface area contributed by atoms with Gasteiger partial charge in [-0.2, -0.15) is 0 Å². The number of rotatable bonds is 8. The summed E-state index contributed by atoms with van der Waals surface area (Å²) >= 11 is 0. The third-order valence-electron chi connectivity index (χ3n) is 2.99. The molecule has 0 saturated carbocycles. The van der Waals surface area contributed by atoms with Gasteiger partial charge in [-0.05, 0) is 38.8 Å². The van der Waals surface area contributed by atoms with Gasteiger partial charge in [0.25, 0.3) is 0 Å². The van der Waals surface area contributed by atoms with Crippen molar-refractivity contribution in [3.63, 3.8) is 0 Å². The lowest BCUT2D eigenvalue weighted by Gasteiger charge is -2.16. The predicted octanol–water partition coefficient (Wildman–Crippen LogP) is 3.88. The Morgan fingerprint density at radius 1 is 1.33 bits per heavy atom. The van der Waals surface area contributed by atoms with Crippen molar-refractivity contribution in [3.05, 3.63) is 24.3 Å². The zero-order valence-electron chi connectivity index (χ0n) is 10.9. The van der Waals surface area contributed by atoms with Gasteiger partial charge >= 0.3 is 0 Å². The SMILES string of the molecule is C=CC(C)CC/C(C)=C/CN(CC)CC. The van der Waals surface area contributed by atoms with Gasteiger partial charge in [-0.25, -0.2) is 0 Å². The van der Waals surface area contributed by atoms with Crippen molar-refractivity contribution in [1.29, 1.82) is 0 Å². The van der Waals surface area contributed by atoms with Crippen LogP contribution in [0.15, 0.2) is 24.3 Å². The second-order valence-corrected chi connectivity index (χ2v) is 4.29. The Hall–Kier alpha value is -0.560. The summed E-state index contributed by atoms with van der Waals surface area (Å²) in [5.74, 6) is 0.641. The highest BCUT2D eigenvalue weighted by atomic mass is 15.1. The molecule has 1 atom stereocenters. The maximum atomic E-state index is 3.81. The van der Waals surface area contributed by atoms with Crippen molar-refractivity contribution in [3.8, 4) is 0 Å². The zero-order chi connectivity index (χ0) is 11.7. The molecule has 0 aromatic heterocycles. The summed E-state index contributed by atoms with van der Waals surface area (Å²) in [6.45, 7) is 16.1. The van der Waals surface area contributed by atoms with Gasteiger partial charge in [0.1, 0.15) is 0 Å². The number of allylic oxidation sites excluding steroid dienone is 2. The van der Waals surface area contributed by atoms with Gasteiger partial charge in [0.05, 0.1) is 0 Å². The Labute approximate surface area is 95.9 Å². The fourth-order valence-electron chi connectivity index (χ4n) is 1.44. The number of nitrogens with zero attached hydrogens (tertiary/aromatic N) is 1. The molecule has 0 radical (unpaired) electrons. The van der Waals surface area contributed by atoms with Crippen LogP contribution in [0, 0.1) is 5.92 Å². The van der Waals surface area contributed by atoms with Gasteiger partial charge in [-0.15, -0.1) is 6.58 Å². The largest absolute Gasteiger partial charge is 0.300 e. The molecule has 0 aliphatic heterocycles.